The molecular weight excluding hydrogens is 432 g/mol. The monoisotopic (exact) mass is 452 g/mol. The maximum atomic E-state index is 12.8. The minimum Gasteiger partial charge on any atom is -0.352 e. The van der Waals surface area contributed by atoms with Gasteiger partial charge < -0.3 is 10.6 Å². The third kappa shape index (κ3) is 5.52. The summed E-state index contributed by atoms with van der Waals surface area (Å²) in [4.78, 5) is 25.1. The molecule has 0 saturated heterocycles. The number of anilines is 1. The maximum Gasteiger partial charge on any atom is 0.225 e. The molecule has 1 heterocycles. The lowest BCUT2D eigenvalue weighted by Crippen LogP contribution is -2.32. The molecule has 2 N–H and O–H groups in total. The van der Waals surface area contributed by atoms with E-state index in [9.17, 15) is 18.0 Å². The van der Waals surface area contributed by atoms with Gasteiger partial charge in [-0.25, -0.2) is 8.42 Å². The van der Waals surface area contributed by atoms with Gasteiger partial charge in [-0.2, -0.15) is 0 Å². The summed E-state index contributed by atoms with van der Waals surface area (Å²) in [5.74, 6) is -0.940. The Hall–Kier alpha value is -2.03. The minimum atomic E-state index is -3.71. The second-order valence-electron chi connectivity index (χ2n) is 6.80. The summed E-state index contributed by atoms with van der Waals surface area (Å²) in [6, 6.07) is 11.8. The van der Waals surface area contributed by atoms with E-state index >= 15 is 0 Å². The molecule has 0 fully saturated rings. The first-order valence-corrected chi connectivity index (χ1v) is 12.1. The number of amides is 2. The molecule has 2 aromatic rings. The zero-order chi connectivity index (χ0) is 21.0. The number of benzene rings is 2. The lowest BCUT2D eigenvalue weighted by atomic mass is 10.2. The zero-order valence-electron chi connectivity index (χ0n) is 15.8. The van der Waals surface area contributed by atoms with Gasteiger partial charge in [-0.1, -0.05) is 36.7 Å². The van der Waals surface area contributed by atoms with Gasteiger partial charge in [-0.15, -0.1) is 11.8 Å². The molecule has 9 heteroatoms. The first kappa shape index (κ1) is 21.7. The summed E-state index contributed by atoms with van der Waals surface area (Å²) in [6.45, 7) is 1.80. The second-order valence-corrected chi connectivity index (χ2v) is 10.4. The van der Waals surface area contributed by atoms with E-state index in [2.05, 4.69) is 10.6 Å². The quantitative estimate of drug-likeness (QED) is 0.699. The highest BCUT2D eigenvalue weighted by molar-refractivity contribution is 7.99. The molecule has 0 bridgehead atoms. The summed E-state index contributed by atoms with van der Waals surface area (Å²) < 4.78 is 25.6. The van der Waals surface area contributed by atoms with Gasteiger partial charge >= 0.3 is 0 Å². The van der Waals surface area contributed by atoms with E-state index in [0.29, 0.717) is 22.9 Å². The fourth-order valence-electron chi connectivity index (χ4n) is 2.89. The molecular formula is C20H21ClN2O4S2. The van der Waals surface area contributed by atoms with Crippen molar-refractivity contribution < 1.29 is 18.0 Å². The molecule has 3 rings (SSSR count). The van der Waals surface area contributed by atoms with Gasteiger partial charge in [-0.05, 0) is 29.8 Å². The van der Waals surface area contributed by atoms with E-state index in [4.69, 9.17) is 11.6 Å². The molecule has 0 radical (unpaired) electrons. The third-order valence-corrected chi connectivity index (χ3v) is 7.85. The number of thioether (sulfide) groups is 1. The van der Waals surface area contributed by atoms with Gasteiger partial charge in [-0.3, -0.25) is 9.59 Å². The zero-order valence-corrected chi connectivity index (χ0v) is 18.2. The van der Waals surface area contributed by atoms with E-state index in [-0.39, 0.29) is 29.0 Å². The van der Waals surface area contributed by atoms with Crippen molar-refractivity contribution in [3.63, 3.8) is 0 Å². The standard InChI is InChI=1S/C20H21ClN2O4S2/c1-13(20(25)22-11-14-4-2-3-5-16(14)21)12-29(26,27)15-6-7-18-17(10-15)23-19(24)8-9-28-18/h2-7,10,13H,8-9,11-12H2,1H3,(H,22,25)(H,23,24). The van der Waals surface area contributed by atoms with Crippen molar-refractivity contribution in [3.8, 4) is 0 Å². The van der Waals surface area contributed by atoms with Gasteiger partial charge in [0.25, 0.3) is 0 Å². The summed E-state index contributed by atoms with van der Waals surface area (Å²) in [5.41, 5.74) is 1.26. The number of rotatable bonds is 6. The van der Waals surface area contributed by atoms with Gasteiger partial charge in [0.2, 0.25) is 11.8 Å². The van der Waals surface area contributed by atoms with Crippen LogP contribution in [-0.4, -0.2) is 31.7 Å². The van der Waals surface area contributed by atoms with Crippen molar-refractivity contribution in [2.24, 2.45) is 5.92 Å². The van der Waals surface area contributed by atoms with Crippen molar-refractivity contribution in [1.82, 2.24) is 5.32 Å². The average Bonchev–Trinajstić information content (AvgIpc) is 2.86. The Balaban J connectivity index is 1.67. The molecule has 0 aromatic heterocycles. The molecule has 1 atom stereocenters. The lowest BCUT2D eigenvalue weighted by Gasteiger charge is -2.14. The van der Waals surface area contributed by atoms with E-state index in [1.54, 1.807) is 31.2 Å². The van der Waals surface area contributed by atoms with Gasteiger partial charge in [0.1, 0.15) is 0 Å². The number of nitrogens with one attached hydrogen (secondary N) is 2. The summed E-state index contributed by atoms with van der Waals surface area (Å²) >= 11 is 7.58. The number of fused-ring (bicyclic) bond motifs is 1. The highest BCUT2D eigenvalue weighted by Gasteiger charge is 2.25. The van der Waals surface area contributed by atoms with E-state index < -0.39 is 15.8 Å². The maximum absolute atomic E-state index is 12.8. The molecule has 0 saturated carbocycles. The van der Waals surface area contributed by atoms with Crippen LogP contribution in [0, 0.1) is 5.92 Å². The van der Waals surface area contributed by atoms with Crippen molar-refractivity contribution >= 4 is 50.7 Å². The predicted octanol–water partition coefficient (Wildman–Crippen LogP) is 3.50. The number of hydrogen-bond donors (Lipinski definition) is 2. The van der Waals surface area contributed by atoms with Crippen LogP contribution in [0.1, 0.15) is 18.9 Å². The molecule has 6 nitrogen and oxygen atoms in total. The number of hydrogen-bond acceptors (Lipinski definition) is 5. The largest absolute Gasteiger partial charge is 0.352 e. The Morgan fingerprint density at radius 1 is 1.28 bits per heavy atom. The average molecular weight is 453 g/mol. The number of halogens is 1. The van der Waals surface area contributed by atoms with Crippen LogP contribution in [0.25, 0.3) is 0 Å². The topological polar surface area (TPSA) is 92.3 Å². The van der Waals surface area contributed by atoms with Crippen molar-refractivity contribution in [1.29, 1.82) is 0 Å². The molecule has 0 aliphatic carbocycles. The van der Waals surface area contributed by atoms with Gasteiger partial charge in [0.15, 0.2) is 9.84 Å². The Bertz CT molecular complexity index is 1040. The normalized spacial score (nSPS) is 15.0. The molecule has 2 amide bonds. The molecule has 2 aromatic carbocycles. The number of sulfone groups is 1. The van der Waals surface area contributed by atoms with Crippen LogP contribution in [0.2, 0.25) is 5.02 Å². The van der Waals surface area contributed by atoms with Crippen LogP contribution in [0.5, 0.6) is 0 Å². The van der Waals surface area contributed by atoms with E-state index in [0.717, 1.165) is 10.5 Å². The van der Waals surface area contributed by atoms with E-state index in [1.165, 1.54) is 23.9 Å². The van der Waals surface area contributed by atoms with Gasteiger partial charge in [0, 0.05) is 34.6 Å². The molecule has 1 aliphatic rings. The Kier molecular flexibility index (Phi) is 6.87. The first-order valence-electron chi connectivity index (χ1n) is 9.07. The Morgan fingerprint density at radius 2 is 2.03 bits per heavy atom. The SMILES string of the molecule is CC(CS(=O)(=O)c1ccc2c(c1)NC(=O)CCS2)C(=O)NCc1ccccc1Cl. The predicted molar refractivity (Wildman–Crippen MR) is 115 cm³/mol. The van der Waals surface area contributed by atoms with Crippen LogP contribution in [0.4, 0.5) is 5.69 Å². The molecule has 1 unspecified atom stereocenters. The first-order chi connectivity index (χ1) is 13.8. The van der Waals surface area contributed by atoms with Crippen molar-refractivity contribution in [2.45, 2.75) is 29.7 Å². The van der Waals surface area contributed by atoms with Crippen LogP contribution in [-0.2, 0) is 26.0 Å². The Morgan fingerprint density at radius 3 is 2.79 bits per heavy atom. The fraction of sp³-hybridized carbons (Fsp3) is 0.300. The van der Waals surface area contributed by atoms with Crippen LogP contribution >= 0.6 is 23.4 Å². The second kappa shape index (κ2) is 9.19. The number of carbonyl (C=O) groups excluding carboxylic acids is 2. The summed E-state index contributed by atoms with van der Waals surface area (Å²) in [7, 11) is -3.71. The molecule has 1 aliphatic heterocycles. The van der Waals surface area contributed by atoms with Crippen molar-refractivity contribution in [2.75, 3.05) is 16.8 Å². The molecule has 29 heavy (non-hydrogen) atoms. The smallest absolute Gasteiger partial charge is 0.225 e. The summed E-state index contributed by atoms with van der Waals surface area (Å²) in [6.07, 6.45) is 0.379. The Labute approximate surface area is 179 Å². The molecule has 0 spiro atoms. The number of carbonyl (C=O) groups is 2. The highest BCUT2D eigenvalue weighted by atomic mass is 35.5. The summed E-state index contributed by atoms with van der Waals surface area (Å²) in [5, 5.41) is 6.01. The fourth-order valence-corrected chi connectivity index (χ4v) is 5.61. The van der Waals surface area contributed by atoms with Gasteiger partial charge in [0.05, 0.1) is 16.3 Å². The lowest BCUT2D eigenvalue weighted by molar-refractivity contribution is -0.124. The van der Waals surface area contributed by atoms with Crippen molar-refractivity contribution in [3.05, 3.63) is 53.1 Å². The third-order valence-electron chi connectivity index (χ3n) is 4.50. The van der Waals surface area contributed by atoms with Crippen LogP contribution < -0.4 is 10.6 Å². The molecule has 154 valence electrons. The minimum absolute atomic E-state index is 0.0878. The van der Waals surface area contributed by atoms with Crippen LogP contribution in [0.3, 0.4) is 0 Å². The highest BCUT2D eigenvalue weighted by Crippen LogP contribution is 2.33. The van der Waals surface area contributed by atoms with Crippen LogP contribution in [0.15, 0.2) is 52.3 Å². The van der Waals surface area contributed by atoms with E-state index in [1.807, 2.05) is 6.07 Å².